The number of amides is 1. The zero-order valence-electron chi connectivity index (χ0n) is 11.4. The molecule has 1 aromatic rings. The summed E-state index contributed by atoms with van der Waals surface area (Å²) in [5.41, 5.74) is 0.832. The van der Waals surface area contributed by atoms with Crippen LogP contribution in [0.25, 0.3) is 0 Å². The van der Waals surface area contributed by atoms with Crippen LogP contribution in [0.2, 0.25) is 0 Å². The van der Waals surface area contributed by atoms with E-state index in [9.17, 15) is 9.90 Å². The van der Waals surface area contributed by atoms with Crippen molar-refractivity contribution in [2.24, 2.45) is 5.92 Å². The Labute approximate surface area is 114 Å². The molecule has 0 aliphatic carbocycles. The van der Waals surface area contributed by atoms with E-state index in [1.807, 2.05) is 12.1 Å². The van der Waals surface area contributed by atoms with Gasteiger partial charge in [-0.25, -0.2) is 0 Å². The Kier molecular flexibility index (Phi) is 4.80. The Bertz CT molecular complexity index is 434. The summed E-state index contributed by atoms with van der Waals surface area (Å²) in [7, 11) is 2.11. The minimum Gasteiger partial charge on any atom is -0.508 e. The van der Waals surface area contributed by atoms with Crippen LogP contribution in [0.5, 0.6) is 5.75 Å². The van der Waals surface area contributed by atoms with Crippen molar-refractivity contribution in [3.8, 4) is 5.75 Å². The van der Waals surface area contributed by atoms with Crippen molar-refractivity contribution >= 4 is 5.91 Å². The predicted octanol–water partition coefficient (Wildman–Crippen LogP) is 1.39. The number of nitrogens with one attached hydrogen (secondary N) is 1. The number of phenols is 1. The molecule has 1 heterocycles. The molecule has 19 heavy (non-hydrogen) atoms. The van der Waals surface area contributed by atoms with Gasteiger partial charge in [-0.15, -0.1) is 0 Å². The molecule has 1 aliphatic heterocycles. The van der Waals surface area contributed by atoms with Crippen LogP contribution in [-0.2, 0) is 11.2 Å². The molecule has 1 saturated heterocycles. The highest BCUT2D eigenvalue weighted by Crippen LogP contribution is 2.17. The molecule has 104 valence electrons. The third-order valence-corrected chi connectivity index (χ3v) is 3.69. The maximum atomic E-state index is 11.8. The number of carbonyl (C=O) groups excluding carboxylic acids is 1. The van der Waals surface area contributed by atoms with E-state index in [-0.39, 0.29) is 11.7 Å². The average molecular weight is 262 g/mol. The summed E-state index contributed by atoms with van der Waals surface area (Å²) in [4.78, 5) is 14.1. The van der Waals surface area contributed by atoms with Crippen LogP contribution in [0.1, 0.15) is 18.4 Å². The molecular formula is C15H22N2O2. The Balaban J connectivity index is 1.69. The van der Waals surface area contributed by atoms with Gasteiger partial charge in [0.05, 0.1) is 0 Å². The molecule has 2 rings (SSSR count). The van der Waals surface area contributed by atoms with E-state index in [0.29, 0.717) is 18.8 Å². The van der Waals surface area contributed by atoms with Crippen LogP contribution in [0.4, 0.5) is 0 Å². The topological polar surface area (TPSA) is 52.6 Å². The minimum atomic E-state index is 0.0674. The first kappa shape index (κ1) is 13.9. The van der Waals surface area contributed by atoms with Crippen LogP contribution in [-0.4, -0.2) is 42.6 Å². The number of aryl methyl sites for hydroxylation is 1. The molecule has 0 bridgehead atoms. The summed E-state index contributed by atoms with van der Waals surface area (Å²) in [6.45, 7) is 2.96. The monoisotopic (exact) mass is 262 g/mol. The highest BCUT2D eigenvalue weighted by molar-refractivity contribution is 5.76. The Morgan fingerprint density at radius 2 is 2.26 bits per heavy atom. The molecule has 0 radical (unpaired) electrons. The Morgan fingerprint density at radius 1 is 1.47 bits per heavy atom. The maximum Gasteiger partial charge on any atom is 0.220 e. The first-order valence-electron chi connectivity index (χ1n) is 6.87. The van der Waals surface area contributed by atoms with E-state index >= 15 is 0 Å². The zero-order valence-corrected chi connectivity index (χ0v) is 11.4. The number of aromatic hydroxyl groups is 1. The summed E-state index contributed by atoms with van der Waals surface area (Å²) in [5.74, 6) is 0.921. The van der Waals surface area contributed by atoms with Gasteiger partial charge in [-0.3, -0.25) is 4.79 Å². The van der Waals surface area contributed by atoms with E-state index in [0.717, 1.165) is 31.6 Å². The summed E-state index contributed by atoms with van der Waals surface area (Å²) in [6, 6.07) is 7.17. The van der Waals surface area contributed by atoms with E-state index in [1.54, 1.807) is 12.1 Å². The fourth-order valence-corrected chi connectivity index (χ4v) is 2.51. The van der Waals surface area contributed by atoms with Gasteiger partial charge in [0.1, 0.15) is 5.75 Å². The summed E-state index contributed by atoms with van der Waals surface area (Å²) < 4.78 is 0. The van der Waals surface area contributed by atoms with Gasteiger partial charge in [0.15, 0.2) is 0 Å². The minimum absolute atomic E-state index is 0.0674. The second-order valence-electron chi connectivity index (χ2n) is 5.35. The second-order valence-corrected chi connectivity index (χ2v) is 5.35. The SMILES string of the molecule is CN1CC[C@@H](CNC(=O)CCc2ccccc2O)C1. The van der Waals surface area contributed by atoms with Gasteiger partial charge in [-0.1, -0.05) is 18.2 Å². The summed E-state index contributed by atoms with van der Waals surface area (Å²) in [6.07, 6.45) is 2.18. The Hall–Kier alpha value is -1.55. The number of likely N-dealkylation sites (tertiary alicyclic amines) is 1. The number of para-hydroxylation sites is 1. The summed E-state index contributed by atoms with van der Waals surface area (Å²) >= 11 is 0. The zero-order chi connectivity index (χ0) is 13.7. The van der Waals surface area contributed by atoms with Crippen molar-refractivity contribution in [2.75, 3.05) is 26.7 Å². The van der Waals surface area contributed by atoms with Crippen molar-refractivity contribution in [2.45, 2.75) is 19.3 Å². The molecule has 1 aliphatic rings. The van der Waals surface area contributed by atoms with Crippen molar-refractivity contribution in [1.29, 1.82) is 0 Å². The first-order valence-corrected chi connectivity index (χ1v) is 6.87. The number of hydrogen-bond donors (Lipinski definition) is 2. The van der Waals surface area contributed by atoms with Gasteiger partial charge < -0.3 is 15.3 Å². The lowest BCUT2D eigenvalue weighted by molar-refractivity contribution is -0.121. The van der Waals surface area contributed by atoms with Crippen molar-refractivity contribution < 1.29 is 9.90 Å². The van der Waals surface area contributed by atoms with Crippen molar-refractivity contribution in [3.63, 3.8) is 0 Å². The van der Waals surface area contributed by atoms with E-state index in [2.05, 4.69) is 17.3 Å². The van der Waals surface area contributed by atoms with E-state index in [1.165, 1.54) is 0 Å². The van der Waals surface area contributed by atoms with Crippen molar-refractivity contribution in [1.82, 2.24) is 10.2 Å². The predicted molar refractivity (Wildman–Crippen MR) is 75.0 cm³/mol. The smallest absolute Gasteiger partial charge is 0.220 e. The first-order chi connectivity index (χ1) is 9.15. The number of carbonyl (C=O) groups is 1. The van der Waals surface area contributed by atoms with Crippen LogP contribution in [0.15, 0.2) is 24.3 Å². The van der Waals surface area contributed by atoms with Gasteiger partial charge in [-0.2, -0.15) is 0 Å². The molecule has 1 atom stereocenters. The third kappa shape index (κ3) is 4.24. The fraction of sp³-hybridized carbons (Fsp3) is 0.533. The van der Waals surface area contributed by atoms with Crippen LogP contribution in [0.3, 0.4) is 0 Å². The van der Waals surface area contributed by atoms with Gasteiger partial charge >= 0.3 is 0 Å². The third-order valence-electron chi connectivity index (χ3n) is 3.69. The lowest BCUT2D eigenvalue weighted by Crippen LogP contribution is -2.30. The normalized spacial score (nSPS) is 19.5. The van der Waals surface area contributed by atoms with E-state index in [4.69, 9.17) is 0 Å². The lowest BCUT2D eigenvalue weighted by atomic mass is 10.1. The number of benzene rings is 1. The molecule has 1 fully saturated rings. The molecule has 0 aromatic heterocycles. The van der Waals surface area contributed by atoms with Crippen LogP contribution >= 0.6 is 0 Å². The van der Waals surface area contributed by atoms with Gasteiger partial charge in [0, 0.05) is 19.5 Å². The molecule has 4 nitrogen and oxygen atoms in total. The second kappa shape index (κ2) is 6.57. The standard InChI is InChI=1S/C15H22N2O2/c1-17-9-8-12(11-17)10-16-15(19)7-6-13-4-2-3-5-14(13)18/h2-5,12,18H,6-11H2,1H3,(H,16,19)/t12-/m0/s1. The van der Waals surface area contributed by atoms with Crippen LogP contribution < -0.4 is 5.32 Å². The van der Waals surface area contributed by atoms with Gasteiger partial charge in [0.25, 0.3) is 0 Å². The molecule has 1 aromatic carbocycles. The maximum absolute atomic E-state index is 11.8. The molecular weight excluding hydrogens is 240 g/mol. The number of rotatable bonds is 5. The largest absolute Gasteiger partial charge is 0.508 e. The Morgan fingerprint density at radius 3 is 2.95 bits per heavy atom. The molecule has 0 spiro atoms. The van der Waals surface area contributed by atoms with Crippen LogP contribution in [0, 0.1) is 5.92 Å². The number of hydrogen-bond acceptors (Lipinski definition) is 3. The molecule has 0 unspecified atom stereocenters. The van der Waals surface area contributed by atoms with E-state index < -0.39 is 0 Å². The number of nitrogens with zero attached hydrogens (tertiary/aromatic N) is 1. The van der Waals surface area contributed by atoms with Gasteiger partial charge in [0.2, 0.25) is 5.91 Å². The molecule has 0 saturated carbocycles. The molecule has 1 amide bonds. The fourth-order valence-electron chi connectivity index (χ4n) is 2.51. The lowest BCUT2D eigenvalue weighted by Gasteiger charge is -2.11. The highest BCUT2D eigenvalue weighted by atomic mass is 16.3. The number of phenolic OH excluding ortho intramolecular Hbond substituents is 1. The average Bonchev–Trinajstić information content (AvgIpc) is 2.81. The molecule has 4 heteroatoms. The van der Waals surface area contributed by atoms with Crippen molar-refractivity contribution in [3.05, 3.63) is 29.8 Å². The highest BCUT2D eigenvalue weighted by Gasteiger charge is 2.19. The quantitative estimate of drug-likeness (QED) is 0.843. The molecule has 2 N–H and O–H groups in total. The van der Waals surface area contributed by atoms with Gasteiger partial charge in [-0.05, 0) is 44.0 Å². The summed E-state index contributed by atoms with van der Waals surface area (Å²) in [5, 5.41) is 12.6.